The molecule has 1 aromatic heterocycles. The summed E-state index contributed by atoms with van der Waals surface area (Å²) in [5.74, 6) is -0.738. The van der Waals surface area contributed by atoms with Gasteiger partial charge in [-0.1, -0.05) is 24.3 Å². The number of aliphatic hydroxyl groups excluding tert-OH is 1. The van der Waals surface area contributed by atoms with Crippen LogP contribution in [0.4, 0.5) is 14.9 Å². The van der Waals surface area contributed by atoms with Gasteiger partial charge in [0, 0.05) is 39.0 Å². The summed E-state index contributed by atoms with van der Waals surface area (Å²) >= 11 is 0. The number of urea groups is 1. The fraction of sp³-hybridized carbons (Fsp3) is 0.565. The van der Waals surface area contributed by atoms with Gasteiger partial charge in [-0.3, -0.25) is 4.79 Å². The summed E-state index contributed by atoms with van der Waals surface area (Å²) < 4.78 is 21.9. The Labute approximate surface area is 198 Å². The van der Waals surface area contributed by atoms with E-state index in [1.54, 1.807) is 41.9 Å². The number of likely N-dealkylation sites (N-methyl/N-ethyl adjacent to an activating group) is 1. The Morgan fingerprint density at radius 3 is 2.91 bits per heavy atom. The molecule has 1 aliphatic rings. The first kappa shape index (κ1) is 25.6. The number of carbonyl (C=O) groups excluding carboxylic acids is 2. The summed E-state index contributed by atoms with van der Waals surface area (Å²) in [6.45, 7) is 4.94. The molecule has 2 N–H and O–H groups in total. The Balaban J connectivity index is 1.77. The number of rotatable bonds is 5. The number of aromatic nitrogens is 3. The number of ether oxygens (including phenoxy) is 1. The number of benzene rings is 1. The molecule has 11 heteroatoms. The number of para-hydroxylation sites is 1. The van der Waals surface area contributed by atoms with E-state index in [1.165, 1.54) is 17.0 Å². The highest BCUT2D eigenvalue weighted by molar-refractivity contribution is 5.89. The van der Waals surface area contributed by atoms with Gasteiger partial charge in [0.15, 0.2) is 0 Å². The number of fused-ring (bicyclic) bond motifs is 1. The Kier molecular flexibility index (Phi) is 8.94. The van der Waals surface area contributed by atoms with Gasteiger partial charge >= 0.3 is 6.03 Å². The van der Waals surface area contributed by atoms with Crippen molar-refractivity contribution in [2.75, 3.05) is 32.1 Å². The first-order chi connectivity index (χ1) is 16.3. The molecule has 2 aromatic rings. The van der Waals surface area contributed by atoms with E-state index < -0.39 is 18.0 Å². The number of carbonyl (C=O) groups is 2. The van der Waals surface area contributed by atoms with Gasteiger partial charge in [0.05, 0.1) is 42.9 Å². The number of aliphatic hydroxyl groups is 1. The maximum Gasteiger partial charge on any atom is 0.321 e. The molecule has 34 heavy (non-hydrogen) atoms. The molecular weight excluding hydrogens is 443 g/mol. The second-order valence-corrected chi connectivity index (χ2v) is 8.75. The molecule has 0 unspecified atom stereocenters. The van der Waals surface area contributed by atoms with Crippen LogP contribution in [0.2, 0.25) is 0 Å². The number of amides is 3. The van der Waals surface area contributed by atoms with Crippen molar-refractivity contribution >= 4 is 17.6 Å². The lowest BCUT2D eigenvalue weighted by molar-refractivity contribution is -0.136. The van der Waals surface area contributed by atoms with Gasteiger partial charge in [-0.15, -0.1) is 5.10 Å². The average molecular weight is 477 g/mol. The number of hydrogen-bond acceptors (Lipinski definition) is 6. The number of halogens is 1. The molecular formula is C23H33FN6O4. The minimum absolute atomic E-state index is 0.0555. The largest absolute Gasteiger partial charge is 0.394 e. The number of hydrogen-bond donors (Lipinski definition) is 2. The third kappa shape index (κ3) is 6.51. The minimum Gasteiger partial charge on any atom is -0.394 e. The van der Waals surface area contributed by atoms with Crippen LogP contribution in [0.25, 0.3) is 0 Å². The van der Waals surface area contributed by atoms with E-state index in [0.29, 0.717) is 25.9 Å². The third-order valence-electron chi connectivity index (χ3n) is 6.06. The highest BCUT2D eigenvalue weighted by atomic mass is 19.1. The molecule has 1 aromatic carbocycles. The smallest absolute Gasteiger partial charge is 0.321 e. The molecule has 10 nitrogen and oxygen atoms in total. The van der Waals surface area contributed by atoms with Crippen LogP contribution in [0.3, 0.4) is 0 Å². The van der Waals surface area contributed by atoms with Gasteiger partial charge in [0.1, 0.15) is 5.82 Å². The quantitative estimate of drug-likeness (QED) is 0.684. The SMILES string of the molecule is C[C@@H]1CN([C@@H](C)CO)C(=O)CCCn2nncc2CO[C@@H]1CN(C)C(=O)Nc1ccccc1F. The van der Waals surface area contributed by atoms with Crippen molar-refractivity contribution in [3.63, 3.8) is 0 Å². The van der Waals surface area contributed by atoms with Gasteiger partial charge in [-0.2, -0.15) is 0 Å². The van der Waals surface area contributed by atoms with E-state index in [9.17, 15) is 19.1 Å². The van der Waals surface area contributed by atoms with Crippen molar-refractivity contribution in [3.05, 3.63) is 42.0 Å². The van der Waals surface area contributed by atoms with Gasteiger partial charge in [-0.05, 0) is 25.5 Å². The number of nitrogens with zero attached hydrogens (tertiary/aromatic N) is 5. The number of anilines is 1. The molecule has 3 atom stereocenters. The monoisotopic (exact) mass is 476 g/mol. The topological polar surface area (TPSA) is 113 Å². The first-order valence-corrected chi connectivity index (χ1v) is 11.5. The molecule has 0 saturated carbocycles. The molecule has 0 spiro atoms. The lowest BCUT2D eigenvalue weighted by Crippen LogP contribution is -2.48. The van der Waals surface area contributed by atoms with Crippen LogP contribution in [0.15, 0.2) is 30.5 Å². The zero-order valence-electron chi connectivity index (χ0n) is 19.9. The van der Waals surface area contributed by atoms with Crippen LogP contribution in [0.1, 0.15) is 32.4 Å². The van der Waals surface area contributed by atoms with Crippen molar-refractivity contribution in [3.8, 4) is 0 Å². The second kappa shape index (κ2) is 11.9. The van der Waals surface area contributed by atoms with Gasteiger partial charge in [-0.25, -0.2) is 13.9 Å². The van der Waals surface area contributed by atoms with Crippen molar-refractivity contribution in [1.29, 1.82) is 0 Å². The van der Waals surface area contributed by atoms with E-state index in [4.69, 9.17) is 4.74 Å². The fourth-order valence-corrected chi connectivity index (χ4v) is 3.87. The number of nitrogens with one attached hydrogen (secondary N) is 1. The fourth-order valence-electron chi connectivity index (χ4n) is 3.87. The van der Waals surface area contributed by atoms with Gasteiger partial charge in [0.25, 0.3) is 0 Å². The first-order valence-electron chi connectivity index (χ1n) is 11.5. The normalized spacial score (nSPS) is 20.6. The standard InChI is InChI=1S/C23H33FN6O4/c1-16-12-29(17(2)14-31)22(32)9-6-10-30-18(11-25-27-30)15-34-21(16)13-28(3)23(33)26-20-8-5-4-7-19(20)24/h4-5,7-8,11,16-17,21,31H,6,9-10,12-15H2,1-3H3,(H,26,33)/t16-,17+,21-/m1/s1. The van der Waals surface area contributed by atoms with Crippen LogP contribution < -0.4 is 5.32 Å². The predicted molar refractivity (Wildman–Crippen MR) is 123 cm³/mol. The molecule has 0 fully saturated rings. The minimum atomic E-state index is -0.521. The van der Waals surface area contributed by atoms with Crippen molar-refractivity contribution in [1.82, 2.24) is 24.8 Å². The van der Waals surface area contributed by atoms with Gasteiger partial charge < -0.3 is 25.0 Å². The van der Waals surface area contributed by atoms with E-state index in [-0.39, 0.29) is 43.3 Å². The summed E-state index contributed by atoms with van der Waals surface area (Å²) in [7, 11) is 1.60. The molecule has 0 aliphatic carbocycles. The summed E-state index contributed by atoms with van der Waals surface area (Å²) in [5, 5.41) is 20.3. The third-order valence-corrected chi connectivity index (χ3v) is 6.06. The maximum absolute atomic E-state index is 14.0. The lowest BCUT2D eigenvalue weighted by Gasteiger charge is -2.35. The van der Waals surface area contributed by atoms with Crippen molar-refractivity contribution in [2.45, 2.75) is 52.0 Å². The summed E-state index contributed by atoms with van der Waals surface area (Å²) in [4.78, 5) is 28.7. The predicted octanol–water partition coefficient (Wildman–Crippen LogP) is 2.11. The Hall–Kier alpha value is -3.05. The summed E-state index contributed by atoms with van der Waals surface area (Å²) in [5.41, 5.74) is 0.875. The van der Waals surface area contributed by atoms with Crippen LogP contribution in [-0.2, 0) is 22.7 Å². The Morgan fingerprint density at radius 2 is 2.18 bits per heavy atom. The molecule has 3 rings (SSSR count). The van der Waals surface area contributed by atoms with E-state index >= 15 is 0 Å². The van der Waals surface area contributed by atoms with Crippen LogP contribution in [0, 0.1) is 11.7 Å². The average Bonchev–Trinajstić information content (AvgIpc) is 3.27. The molecule has 0 saturated heterocycles. The van der Waals surface area contributed by atoms with E-state index in [0.717, 1.165) is 5.69 Å². The molecule has 1 aliphatic heterocycles. The Morgan fingerprint density at radius 1 is 1.41 bits per heavy atom. The zero-order valence-corrected chi connectivity index (χ0v) is 19.9. The number of aryl methyl sites for hydroxylation is 1. The zero-order chi connectivity index (χ0) is 24.7. The maximum atomic E-state index is 14.0. The van der Waals surface area contributed by atoms with Crippen LogP contribution in [-0.4, -0.2) is 80.7 Å². The molecule has 0 bridgehead atoms. The Bertz CT molecular complexity index is 970. The van der Waals surface area contributed by atoms with E-state index in [2.05, 4.69) is 15.6 Å². The van der Waals surface area contributed by atoms with Gasteiger partial charge in [0.2, 0.25) is 5.91 Å². The molecule has 2 heterocycles. The van der Waals surface area contributed by atoms with Crippen molar-refractivity contribution in [2.24, 2.45) is 5.92 Å². The van der Waals surface area contributed by atoms with Crippen molar-refractivity contribution < 1.29 is 23.8 Å². The lowest BCUT2D eigenvalue weighted by atomic mass is 10.0. The molecule has 3 amide bonds. The highest BCUT2D eigenvalue weighted by Crippen LogP contribution is 2.19. The highest BCUT2D eigenvalue weighted by Gasteiger charge is 2.29. The second-order valence-electron chi connectivity index (χ2n) is 8.75. The summed E-state index contributed by atoms with van der Waals surface area (Å²) in [6, 6.07) is 5.14. The van der Waals surface area contributed by atoms with Crippen LogP contribution >= 0.6 is 0 Å². The molecule has 0 radical (unpaired) electrons. The van der Waals surface area contributed by atoms with E-state index in [1.807, 2.05) is 6.92 Å². The van der Waals surface area contributed by atoms with Crippen LogP contribution in [0.5, 0.6) is 0 Å². The summed E-state index contributed by atoms with van der Waals surface area (Å²) in [6.07, 6.45) is 2.11. The molecule has 186 valence electrons.